The maximum absolute atomic E-state index is 5.37. The van der Waals surface area contributed by atoms with Crippen LogP contribution < -0.4 is 10.6 Å². The molecule has 13 rings (SSSR count). The number of nitrogens with zero attached hydrogens (tertiary/aromatic N) is 2. The average molecular weight is 871 g/mol. The van der Waals surface area contributed by atoms with Crippen LogP contribution in [0.5, 0.6) is 0 Å². The van der Waals surface area contributed by atoms with Crippen molar-refractivity contribution in [3.05, 3.63) is 294 Å². The molecule has 10 aromatic carbocycles. The van der Waals surface area contributed by atoms with E-state index in [0.29, 0.717) is 0 Å². The summed E-state index contributed by atoms with van der Waals surface area (Å²) >= 11 is 0. The summed E-state index contributed by atoms with van der Waals surface area (Å²) in [4.78, 5) is 5.37. The lowest BCUT2D eigenvalue weighted by molar-refractivity contribution is 0.409. The lowest BCUT2D eigenvalue weighted by Crippen LogP contribution is -2.44. The molecule has 0 saturated heterocycles. The predicted octanol–water partition coefficient (Wildman–Crippen LogP) is 14.8. The van der Waals surface area contributed by atoms with Crippen LogP contribution in [0.25, 0.3) is 60.9 Å². The van der Waals surface area contributed by atoms with Crippen molar-refractivity contribution >= 4 is 27.6 Å². The highest BCUT2D eigenvalue weighted by atomic mass is 15.3. The summed E-state index contributed by atoms with van der Waals surface area (Å²) < 4.78 is 2.43. The third kappa shape index (κ3) is 6.45. The van der Waals surface area contributed by atoms with Gasteiger partial charge in [-0.1, -0.05) is 212 Å². The van der Waals surface area contributed by atoms with Gasteiger partial charge in [-0.15, -0.1) is 0 Å². The summed E-state index contributed by atoms with van der Waals surface area (Å²) in [5, 5.41) is 9.92. The van der Waals surface area contributed by atoms with E-state index in [4.69, 9.17) is 4.99 Å². The molecular weight excluding hydrogens is 825 g/mol. The van der Waals surface area contributed by atoms with Crippen molar-refractivity contribution < 1.29 is 0 Å². The van der Waals surface area contributed by atoms with Gasteiger partial charge in [0.1, 0.15) is 18.2 Å². The standard InChI is InChI=1S/C64H46N4/c1-6-20-43(21-7-1)46-26-18-31-51(40-46)68-58-38-36-47(52-33-19-35-57-60(52)53-32-16-17-34-56(53)64(57,49-27-12-4-13-28-49)50-29-14-5-15-30-50)41-54(58)55-42-48(37-39-59(55)68)63-66-61(44-22-8-2-9-23-44)65-62(67-63)45-24-10-3-11-25-45/h1-42,61-62,65H,(H,66,67). The third-order valence-electron chi connectivity index (χ3n) is 14.2. The van der Waals surface area contributed by atoms with Crippen molar-refractivity contribution in [2.75, 3.05) is 0 Å². The molecule has 0 radical (unpaired) electrons. The van der Waals surface area contributed by atoms with Gasteiger partial charge in [-0.2, -0.15) is 0 Å². The molecule has 2 N–H and O–H groups in total. The number of hydrogen-bond donors (Lipinski definition) is 2. The van der Waals surface area contributed by atoms with Crippen LogP contribution in [0.4, 0.5) is 0 Å². The van der Waals surface area contributed by atoms with Gasteiger partial charge in [0.25, 0.3) is 0 Å². The molecule has 1 aliphatic heterocycles. The number of aliphatic imine (C=N–C) groups is 1. The first-order chi connectivity index (χ1) is 33.7. The maximum atomic E-state index is 5.37. The fourth-order valence-corrected chi connectivity index (χ4v) is 11.1. The van der Waals surface area contributed by atoms with Crippen molar-refractivity contribution in [1.29, 1.82) is 0 Å². The molecule has 4 nitrogen and oxygen atoms in total. The van der Waals surface area contributed by atoms with E-state index in [1.54, 1.807) is 0 Å². The zero-order chi connectivity index (χ0) is 45.0. The highest BCUT2D eigenvalue weighted by Crippen LogP contribution is 2.58. The monoisotopic (exact) mass is 870 g/mol. The molecule has 0 bridgehead atoms. The molecule has 2 unspecified atom stereocenters. The Balaban J connectivity index is 1.03. The van der Waals surface area contributed by atoms with Gasteiger partial charge in [-0.25, -0.2) is 4.99 Å². The molecule has 0 saturated carbocycles. The smallest absolute Gasteiger partial charge is 0.131 e. The molecule has 2 aliphatic rings. The maximum Gasteiger partial charge on any atom is 0.131 e. The number of nitrogens with one attached hydrogen (secondary N) is 2. The molecule has 322 valence electrons. The van der Waals surface area contributed by atoms with Crippen LogP contribution >= 0.6 is 0 Å². The topological polar surface area (TPSA) is 41.4 Å². The fraction of sp³-hybridized carbons (Fsp3) is 0.0469. The Kier molecular flexibility index (Phi) is 9.59. The number of hydrogen-bond acceptors (Lipinski definition) is 3. The summed E-state index contributed by atoms with van der Waals surface area (Å²) in [6.07, 6.45) is -0.371. The van der Waals surface area contributed by atoms with Gasteiger partial charge in [0.2, 0.25) is 0 Å². The van der Waals surface area contributed by atoms with Crippen molar-refractivity contribution in [2.45, 2.75) is 17.7 Å². The number of rotatable bonds is 8. The second-order valence-corrected chi connectivity index (χ2v) is 17.9. The molecule has 2 heterocycles. The SMILES string of the molecule is c1ccc(-c2cccc(-n3c4ccc(C5=NC(c6ccccc6)NC(c6ccccc6)N5)cc4c4cc(-c5cccc6c5-c5ccccc5C6(c5ccccc5)c5ccccc5)ccc43)c2)cc1. The Hall–Kier alpha value is -8.57. The quantitative estimate of drug-likeness (QED) is 0.160. The van der Waals surface area contributed by atoms with Gasteiger partial charge >= 0.3 is 0 Å². The number of fused-ring (bicyclic) bond motifs is 6. The zero-order valence-corrected chi connectivity index (χ0v) is 37.3. The highest BCUT2D eigenvalue weighted by Gasteiger charge is 2.46. The fourth-order valence-electron chi connectivity index (χ4n) is 11.1. The van der Waals surface area contributed by atoms with E-state index in [2.05, 4.69) is 270 Å². The number of amidine groups is 1. The second kappa shape index (κ2) is 16.4. The molecule has 0 amide bonds. The van der Waals surface area contributed by atoms with Crippen LogP contribution in [0.1, 0.15) is 51.3 Å². The van der Waals surface area contributed by atoms with Crippen LogP contribution in [-0.2, 0) is 5.41 Å². The van der Waals surface area contributed by atoms with E-state index in [0.717, 1.165) is 44.6 Å². The molecule has 1 aliphatic carbocycles. The largest absolute Gasteiger partial charge is 0.350 e. The second-order valence-electron chi connectivity index (χ2n) is 17.9. The van der Waals surface area contributed by atoms with E-state index < -0.39 is 5.41 Å². The number of benzene rings is 10. The first kappa shape index (κ1) is 39.8. The summed E-state index contributed by atoms with van der Waals surface area (Å²) in [5.41, 5.74) is 18.7. The van der Waals surface area contributed by atoms with Crippen molar-refractivity contribution in [1.82, 2.24) is 15.2 Å². The van der Waals surface area contributed by atoms with Crippen molar-refractivity contribution in [3.63, 3.8) is 0 Å². The molecular formula is C64H46N4. The van der Waals surface area contributed by atoms with Gasteiger partial charge < -0.3 is 9.88 Å². The normalized spacial score (nSPS) is 15.9. The van der Waals surface area contributed by atoms with Crippen molar-refractivity contribution in [2.24, 2.45) is 4.99 Å². The zero-order valence-electron chi connectivity index (χ0n) is 37.3. The van der Waals surface area contributed by atoms with Gasteiger partial charge in [0.05, 0.1) is 16.4 Å². The average Bonchev–Trinajstić information content (AvgIpc) is 3.92. The van der Waals surface area contributed by atoms with Crippen LogP contribution in [0.3, 0.4) is 0 Å². The first-order valence-electron chi connectivity index (χ1n) is 23.5. The van der Waals surface area contributed by atoms with Gasteiger partial charge in [0, 0.05) is 22.0 Å². The van der Waals surface area contributed by atoms with Gasteiger partial charge in [0.15, 0.2) is 0 Å². The molecule has 0 fully saturated rings. The Morgan fingerprint density at radius 3 is 1.62 bits per heavy atom. The van der Waals surface area contributed by atoms with E-state index in [1.165, 1.54) is 61.0 Å². The minimum absolute atomic E-state index is 0.139. The van der Waals surface area contributed by atoms with Crippen LogP contribution in [0.2, 0.25) is 0 Å². The van der Waals surface area contributed by atoms with Crippen LogP contribution in [0.15, 0.2) is 260 Å². The van der Waals surface area contributed by atoms with Crippen molar-refractivity contribution in [3.8, 4) is 39.1 Å². The van der Waals surface area contributed by atoms with Crippen LogP contribution in [0, 0.1) is 0 Å². The first-order valence-corrected chi connectivity index (χ1v) is 23.5. The van der Waals surface area contributed by atoms with Crippen LogP contribution in [-0.4, -0.2) is 10.4 Å². The summed E-state index contributed by atoms with van der Waals surface area (Å²) in [5.74, 6) is 0.854. The lowest BCUT2D eigenvalue weighted by Gasteiger charge is -2.34. The molecule has 11 aromatic rings. The Morgan fingerprint density at radius 1 is 0.397 bits per heavy atom. The predicted molar refractivity (Wildman–Crippen MR) is 280 cm³/mol. The molecule has 2 atom stereocenters. The minimum Gasteiger partial charge on any atom is -0.350 e. The Morgan fingerprint density at radius 2 is 0.926 bits per heavy atom. The summed E-state index contributed by atoms with van der Waals surface area (Å²) in [7, 11) is 0. The summed E-state index contributed by atoms with van der Waals surface area (Å²) in [6.45, 7) is 0. The summed E-state index contributed by atoms with van der Waals surface area (Å²) in [6, 6.07) is 92.7. The molecule has 0 spiro atoms. The number of aromatic nitrogens is 1. The highest BCUT2D eigenvalue weighted by molar-refractivity contribution is 6.14. The molecule has 1 aromatic heterocycles. The van der Waals surface area contributed by atoms with Gasteiger partial charge in [-0.3, -0.25) is 5.32 Å². The Bertz CT molecular complexity index is 3630. The van der Waals surface area contributed by atoms with E-state index in [9.17, 15) is 0 Å². The minimum atomic E-state index is -0.485. The van der Waals surface area contributed by atoms with E-state index in [-0.39, 0.29) is 12.3 Å². The third-order valence-corrected chi connectivity index (χ3v) is 14.2. The van der Waals surface area contributed by atoms with E-state index >= 15 is 0 Å². The molecule has 68 heavy (non-hydrogen) atoms. The lowest BCUT2D eigenvalue weighted by atomic mass is 9.67. The molecule has 4 heteroatoms. The van der Waals surface area contributed by atoms with Gasteiger partial charge in [-0.05, 0) is 109 Å². The Labute approximate surface area is 396 Å². The van der Waals surface area contributed by atoms with E-state index in [1.807, 2.05) is 0 Å².